The number of rotatable bonds is 3. The molecule has 2 rings (SSSR count). The van der Waals surface area contributed by atoms with E-state index in [-0.39, 0.29) is 0 Å². The van der Waals surface area contributed by atoms with Crippen LogP contribution in [0.1, 0.15) is 0 Å². The highest BCUT2D eigenvalue weighted by Gasteiger charge is 2.01. The predicted molar refractivity (Wildman–Crippen MR) is 77.0 cm³/mol. The zero-order valence-corrected chi connectivity index (χ0v) is 11.1. The number of hydrogen-bond donors (Lipinski definition) is 0. The number of allylic oxidation sites excluding steroid dienone is 2. The maximum atomic E-state index is 3.68. The molecule has 0 heterocycles. The number of thioether (sulfide) groups is 1. The van der Waals surface area contributed by atoms with Crippen molar-refractivity contribution in [3.05, 3.63) is 65.0 Å². The average Bonchev–Trinajstić information content (AvgIpc) is 2.30. The van der Waals surface area contributed by atoms with Gasteiger partial charge in [-0.3, -0.25) is 0 Å². The Hall–Kier alpha value is -0.990. The zero-order chi connectivity index (χ0) is 11.4. The summed E-state index contributed by atoms with van der Waals surface area (Å²) in [5, 5.41) is 2.55. The first kappa shape index (κ1) is 11.5. The van der Waals surface area contributed by atoms with Gasteiger partial charge in [0.2, 0.25) is 0 Å². The van der Waals surface area contributed by atoms with Crippen LogP contribution in [0, 0.1) is 0 Å². The molecule has 0 amide bonds. The van der Waals surface area contributed by atoms with Gasteiger partial charge in [-0.2, -0.15) is 0 Å². The molecule has 0 radical (unpaired) electrons. The summed E-state index contributed by atoms with van der Waals surface area (Å²) in [5.41, 5.74) is 0. The van der Waals surface area contributed by atoms with Gasteiger partial charge in [0, 0.05) is 4.90 Å². The van der Waals surface area contributed by atoms with Crippen molar-refractivity contribution < 1.29 is 0 Å². The van der Waals surface area contributed by atoms with Crippen LogP contribution in [0.2, 0.25) is 0 Å². The monoisotopic (exact) mass is 290 g/mol. The van der Waals surface area contributed by atoms with Gasteiger partial charge >= 0.3 is 0 Å². The van der Waals surface area contributed by atoms with E-state index in [2.05, 4.69) is 65.0 Å². The van der Waals surface area contributed by atoms with Crippen molar-refractivity contribution in [2.45, 2.75) is 4.90 Å². The van der Waals surface area contributed by atoms with E-state index in [0.717, 1.165) is 3.81 Å². The molecule has 2 aromatic carbocycles. The van der Waals surface area contributed by atoms with Crippen LogP contribution in [-0.4, -0.2) is 0 Å². The lowest BCUT2D eigenvalue weighted by Gasteiger charge is -2.04. The standard InChI is InChI=1S/C14H11BrS/c1-2-6-14(15)16-13-10-5-8-11-7-3-4-9-12(11)13/h2-10H,1H2/b14-6-. The summed E-state index contributed by atoms with van der Waals surface area (Å²) in [4.78, 5) is 1.25. The van der Waals surface area contributed by atoms with Crippen LogP contribution in [0.15, 0.2) is 69.9 Å². The van der Waals surface area contributed by atoms with Gasteiger partial charge in [0.25, 0.3) is 0 Å². The van der Waals surface area contributed by atoms with Crippen molar-refractivity contribution in [3.63, 3.8) is 0 Å². The van der Waals surface area contributed by atoms with E-state index in [1.165, 1.54) is 15.7 Å². The number of halogens is 1. The van der Waals surface area contributed by atoms with Gasteiger partial charge < -0.3 is 0 Å². The van der Waals surface area contributed by atoms with E-state index in [0.29, 0.717) is 0 Å². The normalized spacial score (nSPS) is 11.7. The Morgan fingerprint density at radius 3 is 2.69 bits per heavy atom. The molecular formula is C14H11BrS. The third-order valence-corrected chi connectivity index (χ3v) is 3.86. The highest BCUT2D eigenvalue weighted by molar-refractivity contribution is 9.14. The summed E-state index contributed by atoms with van der Waals surface area (Å²) in [7, 11) is 0. The lowest BCUT2D eigenvalue weighted by atomic mass is 10.1. The van der Waals surface area contributed by atoms with E-state index in [1.54, 1.807) is 17.8 Å². The Kier molecular flexibility index (Phi) is 3.86. The SMILES string of the molecule is C=C/C=C(/Br)Sc1cccc2ccccc12. The van der Waals surface area contributed by atoms with E-state index in [4.69, 9.17) is 0 Å². The molecule has 0 bridgehead atoms. The molecule has 0 saturated carbocycles. The average molecular weight is 291 g/mol. The van der Waals surface area contributed by atoms with Crippen molar-refractivity contribution >= 4 is 38.5 Å². The van der Waals surface area contributed by atoms with Gasteiger partial charge in [-0.1, -0.05) is 60.8 Å². The van der Waals surface area contributed by atoms with Gasteiger partial charge in [-0.25, -0.2) is 0 Å². The molecule has 0 nitrogen and oxygen atoms in total. The summed E-state index contributed by atoms with van der Waals surface area (Å²) in [6.07, 6.45) is 3.73. The quantitative estimate of drug-likeness (QED) is 0.542. The number of hydrogen-bond acceptors (Lipinski definition) is 1. The van der Waals surface area contributed by atoms with E-state index >= 15 is 0 Å². The Labute approximate surface area is 108 Å². The van der Waals surface area contributed by atoms with Crippen LogP contribution in [0.4, 0.5) is 0 Å². The molecule has 2 aromatic rings. The van der Waals surface area contributed by atoms with Crippen molar-refractivity contribution in [3.8, 4) is 0 Å². The lowest BCUT2D eigenvalue weighted by molar-refractivity contribution is 1.55. The Morgan fingerprint density at radius 1 is 1.12 bits per heavy atom. The summed E-state index contributed by atoms with van der Waals surface area (Å²) in [6, 6.07) is 14.7. The van der Waals surface area contributed by atoms with Gasteiger partial charge in [0.15, 0.2) is 0 Å². The molecule has 0 aliphatic heterocycles. The third-order valence-electron chi connectivity index (χ3n) is 2.21. The minimum absolute atomic E-state index is 1.07. The van der Waals surface area contributed by atoms with E-state index in [9.17, 15) is 0 Å². The highest BCUT2D eigenvalue weighted by Crippen LogP contribution is 2.35. The van der Waals surface area contributed by atoms with Crippen molar-refractivity contribution in [2.24, 2.45) is 0 Å². The first-order valence-electron chi connectivity index (χ1n) is 4.95. The topological polar surface area (TPSA) is 0 Å². The smallest absolute Gasteiger partial charge is 0.0551 e. The predicted octanol–water partition coefficient (Wildman–Crippen LogP) is 5.35. The van der Waals surface area contributed by atoms with Gasteiger partial charge in [0.05, 0.1) is 3.81 Å². The summed E-state index contributed by atoms with van der Waals surface area (Å²) >= 11 is 5.22. The first-order chi connectivity index (χ1) is 7.81. The molecule has 0 aromatic heterocycles. The van der Waals surface area contributed by atoms with Gasteiger partial charge in [-0.05, 0) is 38.8 Å². The van der Waals surface area contributed by atoms with Crippen LogP contribution in [0.5, 0.6) is 0 Å². The summed E-state index contributed by atoms with van der Waals surface area (Å²) < 4.78 is 1.07. The maximum Gasteiger partial charge on any atom is 0.0551 e. The van der Waals surface area contributed by atoms with Crippen molar-refractivity contribution in [1.82, 2.24) is 0 Å². The second-order valence-corrected chi connectivity index (χ2v) is 5.75. The van der Waals surface area contributed by atoms with Gasteiger partial charge in [0.1, 0.15) is 0 Å². The second kappa shape index (κ2) is 5.37. The Morgan fingerprint density at radius 2 is 1.88 bits per heavy atom. The Balaban J connectivity index is 2.44. The lowest BCUT2D eigenvalue weighted by Crippen LogP contribution is -1.76. The van der Waals surface area contributed by atoms with Crippen LogP contribution < -0.4 is 0 Å². The molecule has 0 atom stereocenters. The van der Waals surface area contributed by atoms with Crippen LogP contribution in [-0.2, 0) is 0 Å². The molecule has 0 aliphatic rings. The third kappa shape index (κ3) is 2.57. The van der Waals surface area contributed by atoms with Crippen LogP contribution >= 0.6 is 27.7 Å². The summed E-state index contributed by atoms with van der Waals surface area (Å²) in [6.45, 7) is 3.68. The molecule has 0 aliphatic carbocycles. The zero-order valence-electron chi connectivity index (χ0n) is 8.69. The molecular weight excluding hydrogens is 280 g/mol. The van der Waals surface area contributed by atoms with Crippen LogP contribution in [0.3, 0.4) is 0 Å². The minimum Gasteiger partial charge on any atom is -0.0990 e. The largest absolute Gasteiger partial charge is 0.0990 e. The fraction of sp³-hybridized carbons (Fsp3) is 0. The fourth-order valence-electron chi connectivity index (χ4n) is 1.52. The minimum atomic E-state index is 1.07. The number of fused-ring (bicyclic) bond motifs is 1. The molecule has 0 fully saturated rings. The molecule has 0 N–H and O–H groups in total. The van der Waals surface area contributed by atoms with Crippen molar-refractivity contribution in [1.29, 1.82) is 0 Å². The summed E-state index contributed by atoms with van der Waals surface area (Å²) in [5.74, 6) is 0. The fourth-order valence-corrected chi connectivity index (χ4v) is 3.04. The molecule has 80 valence electrons. The van der Waals surface area contributed by atoms with Crippen LogP contribution in [0.25, 0.3) is 10.8 Å². The Bertz CT molecular complexity index is 538. The maximum absolute atomic E-state index is 3.68. The number of benzene rings is 2. The highest BCUT2D eigenvalue weighted by atomic mass is 79.9. The van der Waals surface area contributed by atoms with Crippen molar-refractivity contribution in [2.75, 3.05) is 0 Å². The molecule has 16 heavy (non-hydrogen) atoms. The van der Waals surface area contributed by atoms with E-state index in [1.807, 2.05) is 6.08 Å². The molecule has 2 heteroatoms. The van der Waals surface area contributed by atoms with Gasteiger partial charge in [-0.15, -0.1) is 0 Å². The first-order valence-corrected chi connectivity index (χ1v) is 6.56. The van der Waals surface area contributed by atoms with E-state index < -0.39 is 0 Å². The molecule has 0 spiro atoms. The molecule has 0 saturated heterocycles. The second-order valence-electron chi connectivity index (χ2n) is 3.29. The molecule has 0 unspecified atom stereocenters.